The molecule has 1 heterocycles. The molecule has 0 spiro atoms. The minimum atomic E-state index is 0.446. The third-order valence-electron chi connectivity index (χ3n) is 3.32. The van der Waals surface area contributed by atoms with E-state index >= 15 is 0 Å². The molecule has 0 aliphatic heterocycles. The normalized spacial score (nSPS) is 10.6. The van der Waals surface area contributed by atoms with Crippen LogP contribution in [0.3, 0.4) is 0 Å². The van der Waals surface area contributed by atoms with Gasteiger partial charge < -0.3 is 10.5 Å². The zero-order valence-electron chi connectivity index (χ0n) is 12.5. The molecule has 0 radical (unpaired) electrons. The smallest absolute Gasteiger partial charge is 0.224 e. The number of anilines is 1. The Morgan fingerprint density at radius 1 is 1.10 bits per heavy atom. The summed E-state index contributed by atoms with van der Waals surface area (Å²) >= 11 is 0. The monoisotopic (exact) mass is 271 g/mol. The van der Waals surface area contributed by atoms with E-state index in [1.165, 1.54) is 5.56 Å². The Morgan fingerprint density at radius 2 is 1.80 bits per heavy atom. The van der Waals surface area contributed by atoms with Gasteiger partial charge in [0.2, 0.25) is 5.88 Å². The maximum absolute atomic E-state index is 5.96. The standard InChI is InChI=1S/C16H21N3O/c1-5-6-14-18-13(17)9-15(19-14)20-16-11(3)8-7-10(2)12(16)4/h7-9H,5-6H2,1-4H3,(H2,17,18,19). The second-order valence-corrected chi connectivity index (χ2v) is 5.05. The molecule has 4 nitrogen and oxygen atoms in total. The molecule has 0 unspecified atom stereocenters. The molecule has 4 heteroatoms. The van der Waals surface area contributed by atoms with Gasteiger partial charge in [0.1, 0.15) is 17.4 Å². The molecule has 1 aromatic heterocycles. The van der Waals surface area contributed by atoms with Crippen LogP contribution in [0.15, 0.2) is 18.2 Å². The predicted octanol–water partition coefficient (Wildman–Crippen LogP) is 3.73. The number of rotatable bonds is 4. The van der Waals surface area contributed by atoms with E-state index < -0.39 is 0 Å². The van der Waals surface area contributed by atoms with Crippen molar-refractivity contribution in [2.24, 2.45) is 0 Å². The number of aromatic nitrogens is 2. The first-order valence-electron chi connectivity index (χ1n) is 6.89. The summed E-state index contributed by atoms with van der Waals surface area (Å²) in [7, 11) is 0. The van der Waals surface area contributed by atoms with E-state index in [-0.39, 0.29) is 0 Å². The molecule has 2 N–H and O–H groups in total. The van der Waals surface area contributed by atoms with E-state index in [0.717, 1.165) is 35.5 Å². The van der Waals surface area contributed by atoms with Crippen LogP contribution in [0.25, 0.3) is 0 Å². The van der Waals surface area contributed by atoms with Crippen LogP contribution in [0.2, 0.25) is 0 Å². The van der Waals surface area contributed by atoms with Crippen LogP contribution >= 0.6 is 0 Å². The molecule has 0 saturated carbocycles. The second-order valence-electron chi connectivity index (χ2n) is 5.05. The number of aryl methyl sites for hydroxylation is 3. The topological polar surface area (TPSA) is 61.0 Å². The van der Waals surface area contributed by atoms with Crippen LogP contribution in [0.4, 0.5) is 5.82 Å². The molecule has 106 valence electrons. The average Bonchev–Trinajstić information content (AvgIpc) is 2.39. The second kappa shape index (κ2) is 5.90. The van der Waals surface area contributed by atoms with Gasteiger partial charge in [0.15, 0.2) is 0 Å². The first-order chi connectivity index (χ1) is 9.51. The largest absolute Gasteiger partial charge is 0.438 e. The summed E-state index contributed by atoms with van der Waals surface area (Å²) in [6, 6.07) is 5.81. The predicted molar refractivity (Wildman–Crippen MR) is 81.2 cm³/mol. The lowest BCUT2D eigenvalue weighted by Gasteiger charge is -2.13. The van der Waals surface area contributed by atoms with Gasteiger partial charge in [-0.3, -0.25) is 0 Å². The van der Waals surface area contributed by atoms with Crippen molar-refractivity contribution in [2.45, 2.75) is 40.5 Å². The van der Waals surface area contributed by atoms with Crippen LogP contribution in [0.1, 0.15) is 35.9 Å². The quantitative estimate of drug-likeness (QED) is 0.920. The average molecular weight is 271 g/mol. The molecule has 1 aromatic carbocycles. The third kappa shape index (κ3) is 3.07. The first kappa shape index (κ1) is 14.3. The van der Waals surface area contributed by atoms with Gasteiger partial charge in [-0.25, -0.2) is 4.98 Å². The zero-order valence-corrected chi connectivity index (χ0v) is 12.5. The Kier molecular flexibility index (Phi) is 4.23. The van der Waals surface area contributed by atoms with E-state index in [0.29, 0.717) is 11.7 Å². The summed E-state index contributed by atoms with van der Waals surface area (Å²) in [5.74, 6) is 2.54. The van der Waals surface area contributed by atoms with Gasteiger partial charge in [0.25, 0.3) is 0 Å². The molecule has 0 aliphatic carbocycles. The molecule has 0 saturated heterocycles. The maximum Gasteiger partial charge on any atom is 0.224 e. The van der Waals surface area contributed by atoms with E-state index in [1.54, 1.807) is 6.07 Å². The number of ether oxygens (including phenoxy) is 1. The number of nitrogens with zero attached hydrogens (tertiary/aromatic N) is 2. The molecule has 0 atom stereocenters. The van der Waals surface area contributed by atoms with Gasteiger partial charge in [-0.1, -0.05) is 19.1 Å². The molecule has 2 aromatic rings. The van der Waals surface area contributed by atoms with Crippen molar-refractivity contribution in [1.82, 2.24) is 9.97 Å². The van der Waals surface area contributed by atoms with Gasteiger partial charge >= 0.3 is 0 Å². The van der Waals surface area contributed by atoms with Crippen LogP contribution in [0.5, 0.6) is 11.6 Å². The highest BCUT2D eigenvalue weighted by atomic mass is 16.5. The van der Waals surface area contributed by atoms with Gasteiger partial charge in [-0.2, -0.15) is 4.98 Å². The number of nitrogens with two attached hydrogens (primary N) is 1. The fourth-order valence-electron chi connectivity index (χ4n) is 2.07. The van der Waals surface area contributed by atoms with Crippen LogP contribution in [-0.4, -0.2) is 9.97 Å². The highest BCUT2D eigenvalue weighted by Gasteiger charge is 2.10. The van der Waals surface area contributed by atoms with Gasteiger partial charge in [-0.05, 0) is 43.9 Å². The Hall–Kier alpha value is -2.10. The number of hydrogen-bond donors (Lipinski definition) is 1. The number of hydrogen-bond acceptors (Lipinski definition) is 4. The first-order valence-corrected chi connectivity index (χ1v) is 6.89. The zero-order chi connectivity index (χ0) is 14.7. The Morgan fingerprint density at radius 3 is 2.50 bits per heavy atom. The molecule has 0 bridgehead atoms. The summed E-state index contributed by atoms with van der Waals surface area (Å²) in [5.41, 5.74) is 9.22. The molecule has 2 rings (SSSR count). The number of nitrogen functional groups attached to an aromatic ring is 1. The Labute approximate surface area is 120 Å². The lowest BCUT2D eigenvalue weighted by Crippen LogP contribution is -2.02. The van der Waals surface area contributed by atoms with E-state index in [4.69, 9.17) is 10.5 Å². The fourth-order valence-corrected chi connectivity index (χ4v) is 2.07. The van der Waals surface area contributed by atoms with Gasteiger partial charge in [-0.15, -0.1) is 0 Å². The highest BCUT2D eigenvalue weighted by molar-refractivity contribution is 5.47. The molecule has 0 amide bonds. The van der Waals surface area contributed by atoms with E-state index in [9.17, 15) is 0 Å². The van der Waals surface area contributed by atoms with Crippen molar-refractivity contribution >= 4 is 5.82 Å². The highest BCUT2D eigenvalue weighted by Crippen LogP contribution is 2.30. The fraction of sp³-hybridized carbons (Fsp3) is 0.375. The van der Waals surface area contributed by atoms with Crippen molar-refractivity contribution in [1.29, 1.82) is 0 Å². The summed E-state index contributed by atoms with van der Waals surface area (Å²) in [5, 5.41) is 0. The van der Waals surface area contributed by atoms with Crippen molar-refractivity contribution in [3.63, 3.8) is 0 Å². The molecule has 0 fully saturated rings. The molecular formula is C16H21N3O. The maximum atomic E-state index is 5.96. The van der Waals surface area contributed by atoms with Crippen LogP contribution in [0, 0.1) is 20.8 Å². The lowest BCUT2D eigenvalue weighted by atomic mass is 10.1. The van der Waals surface area contributed by atoms with Crippen molar-refractivity contribution in [3.05, 3.63) is 40.7 Å². The van der Waals surface area contributed by atoms with Gasteiger partial charge in [0, 0.05) is 12.5 Å². The van der Waals surface area contributed by atoms with Crippen molar-refractivity contribution in [2.75, 3.05) is 5.73 Å². The third-order valence-corrected chi connectivity index (χ3v) is 3.32. The summed E-state index contributed by atoms with van der Waals surface area (Å²) in [6.07, 6.45) is 1.78. The van der Waals surface area contributed by atoms with E-state index in [2.05, 4.69) is 42.9 Å². The number of benzene rings is 1. The Balaban J connectivity index is 2.37. The lowest BCUT2D eigenvalue weighted by molar-refractivity contribution is 0.451. The van der Waals surface area contributed by atoms with Crippen LogP contribution < -0.4 is 10.5 Å². The Bertz CT molecular complexity index is 623. The van der Waals surface area contributed by atoms with Gasteiger partial charge in [0.05, 0.1) is 0 Å². The molecule has 20 heavy (non-hydrogen) atoms. The summed E-state index contributed by atoms with van der Waals surface area (Å²) in [6.45, 7) is 8.23. The van der Waals surface area contributed by atoms with E-state index in [1.807, 2.05) is 6.92 Å². The molecule has 0 aliphatic rings. The minimum Gasteiger partial charge on any atom is -0.438 e. The van der Waals surface area contributed by atoms with Crippen molar-refractivity contribution in [3.8, 4) is 11.6 Å². The molecular weight excluding hydrogens is 250 g/mol. The van der Waals surface area contributed by atoms with Crippen LogP contribution in [-0.2, 0) is 6.42 Å². The SMILES string of the molecule is CCCc1nc(N)cc(Oc2c(C)ccc(C)c2C)n1. The summed E-state index contributed by atoms with van der Waals surface area (Å²) < 4.78 is 5.96. The van der Waals surface area contributed by atoms with Crippen molar-refractivity contribution < 1.29 is 4.74 Å². The minimum absolute atomic E-state index is 0.446. The summed E-state index contributed by atoms with van der Waals surface area (Å²) in [4.78, 5) is 8.63.